The van der Waals surface area contributed by atoms with Gasteiger partial charge >= 0.3 is 0 Å². The molecular weight excluding hydrogens is 328 g/mol. The quantitative estimate of drug-likeness (QED) is 0.762. The Hall–Kier alpha value is -2.82. The van der Waals surface area contributed by atoms with Crippen LogP contribution < -0.4 is 15.4 Å². The van der Waals surface area contributed by atoms with Gasteiger partial charge in [0, 0.05) is 12.7 Å². The van der Waals surface area contributed by atoms with Gasteiger partial charge in [-0.15, -0.1) is 0 Å². The van der Waals surface area contributed by atoms with Crippen LogP contribution >= 0.6 is 0 Å². The maximum atomic E-state index is 12.1. The number of carbonyl (C=O) groups excluding carboxylic acids is 2. The van der Waals surface area contributed by atoms with Gasteiger partial charge in [-0.2, -0.15) is 0 Å². The highest BCUT2D eigenvalue weighted by Gasteiger charge is 2.11. The molecule has 2 N–H and O–H groups in total. The lowest BCUT2D eigenvalue weighted by molar-refractivity contribution is -0.120. The predicted molar refractivity (Wildman–Crippen MR) is 103 cm³/mol. The van der Waals surface area contributed by atoms with E-state index in [4.69, 9.17) is 4.74 Å². The van der Waals surface area contributed by atoms with Crippen LogP contribution in [0.5, 0.6) is 5.75 Å². The number of hydrogen-bond donors (Lipinski definition) is 2. The molecule has 2 aromatic rings. The molecule has 5 heteroatoms. The van der Waals surface area contributed by atoms with Gasteiger partial charge < -0.3 is 15.4 Å². The first kappa shape index (κ1) is 19.5. The Kier molecular flexibility index (Phi) is 7.21. The van der Waals surface area contributed by atoms with E-state index in [9.17, 15) is 9.59 Å². The number of carbonyl (C=O) groups is 2. The fraction of sp³-hybridized carbons (Fsp3) is 0.333. The average molecular weight is 354 g/mol. The largest absolute Gasteiger partial charge is 0.483 e. The maximum Gasteiger partial charge on any atom is 0.262 e. The Morgan fingerprint density at radius 2 is 1.73 bits per heavy atom. The van der Waals surface area contributed by atoms with Crippen LogP contribution in [0.1, 0.15) is 37.3 Å². The van der Waals surface area contributed by atoms with Gasteiger partial charge in [0.25, 0.3) is 5.91 Å². The molecule has 0 aliphatic heterocycles. The van der Waals surface area contributed by atoms with Crippen molar-refractivity contribution in [2.24, 2.45) is 0 Å². The molecule has 1 unspecified atom stereocenters. The molecular formula is C21H26N2O3. The first-order valence-corrected chi connectivity index (χ1v) is 8.84. The lowest BCUT2D eigenvalue weighted by Gasteiger charge is -2.15. The third-order valence-corrected chi connectivity index (χ3v) is 4.30. The monoisotopic (exact) mass is 354 g/mol. The van der Waals surface area contributed by atoms with Gasteiger partial charge in [0.15, 0.2) is 6.61 Å². The highest BCUT2D eigenvalue weighted by Crippen LogP contribution is 2.28. The summed E-state index contributed by atoms with van der Waals surface area (Å²) in [5.74, 6) is 0.859. The van der Waals surface area contributed by atoms with Crippen LogP contribution in [0.25, 0.3) is 0 Å². The van der Waals surface area contributed by atoms with Crippen LogP contribution in [0, 0.1) is 0 Å². The molecule has 0 heterocycles. The van der Waals surface area contributed by atoms with E-state index in [0.29, 0.717) is 18.0 Å². The minimum absolute atomic E-state index is 0.0461. The zero-order valence-corrected chi connectivity index (χ0v) is 15.5. The summed E-state index contributed by atoms with van der Waals surface area (Å²) >= 11 is 0. The fourth-order valence-corrected chi connectivity index (χ4v) is 2.56. The second kappa shape index (κ2) is 9.61. The van der Waals surface area contributed by atoms with Crippen LogP contribution in [0.3, 0.4) is 0 Å². The van der Waals surface area contributed by atoms with Gasteiger partial charge in [0.2, 0.25) is 5.91 Å². The number of ether oxygens (including phenoxy) is 1. The first-order chi connectivity index (χ1) is 12.5. The lowest BCUT2D eigenvalue weighted by Crippen LogP contribution is -2.21. The second-order valence-corrected chi connectivity index (χ2v) is 6.23. The van der Waals surface area contributed by atoms with Crippen LogP contribution in [0.15, 0.2) is 48.5 Å². The number of rotatable bonds is 8. The number of likely N-dealkylation sites (N-methyl/N-ethyl adjacent to an activating group) is 1. The molecule has 2 aromatic carbocycles. The minimum Gasteiger partial charge on any atom is -0.483 e. The van der Waals surface area contributed by atoms with Gasteiger partial charge in [-0.05, 0) is 41.7 Å². The third kappa shape index (κ3) is 5.62. The summed E-state index contributed by atoms with van der Waals surface area (Å²) in [4.78, 5) is 23.5. The number of para-hydroxylation sites is 1. The van der Waals surface area contributed by atoms with Gasteiger partial charge in [-0.1, -0.05) is 44.2 Å². The van der Waals surface area contributed by atoms with Crippen molar-refractivity contribution >= 4 is 17.5 Å². The molecule has 0 saturated heterocycles. The normalized spacial score (nSPS) is 11.5. The molecule has 0 aliphatic carbocycles. The van der Waals surface area contributed by atoms with Crippen molar-refractivity contribution in [2.45, 2.75) is 32.6 Å². The van der Waals surface area contributed by atoms with Crippen LogP contribution in [0.2, 0.25) is 0 Å². The van der Waals surface area contributed by atoms with Gasteiger partial charge in [-0.3, -0.25) is 9.59 Å². The zero-order valence-electron chi connectivity index (χ0n) is 15.5. The number of benzene rings is 2. The fourth-order valence-electron chi connectivity index (χ4n) is 2.56. The van der Waals surface area contributed by atoms with Gasteiger partial charge in [0.05, 0.1) is 6.42 Å². The summed E-state index contributed by atoms with van der Waals surface area (Å²) in [7, 11) is 1.61. The van der Waals surface area contributed by atoms with Crippen molar-refractivity contribution in [1.82, 2.24) is 5.32 Å². The van der Waals surface area contributed by atoms with Crippen LogP contribution in [-0.2, 0) is 16.0 Å². The van der Waals surface area contributed by atoms with E-state index in [1.165, 1.54) is 0 Å². The van der Waals surface area contributed by atoms with E-state index in [1.807, 2.05) is 36.4 Å². The SMILES string of the molecule is CCC(C)c1ccccc1OCC(=O)Nc1ccc(CC(=O)NC)cc1. The Labute approximate surface area is 154 Å². The molecule has 26 heavy (non-hydrogen) atoms. The summed E-state index contributed by atoms with van der Waals surface area (Å²) in [5.41, 5.74) is 2.68. The molecule has 5 nitrogen and oxygen atoms in total. The molecule has 1 atom stereocenters. The highest BCUT2D eigenvalue weighted by molar-refractivity contribution is 5.92. The van der Waals surface area contributed by atoms with Crippen LogP contribution in [0.4, 0.5) is 5.69 Å². The molecule has 0 aromatic heterocycles. The number of nitrogens with one attached hydrogen (secondary N) is 2. The Balaban J connectivity index is 1.90. The molecule has 0 fully saturated rings. The van der Waals surface area contributed by atoms with E-state index in [0.717, 1.165) is 23.3 Å². The molecule has 2 amide bonds. The van der Waals surface area contributed by atoms with Crippen LogP contribution in [-0.4, -0.2) is 25.5 Å². The summed E-state index contributed by atoms with van der Waals surface area (Å²) in [5, 5.41) is 5.39. The average Bonchev–Trinajstić information content (AvgIpc) is 2.67. The first-order valence-electron chi connectivity index (χ1n) is 8.84. The number of anilines is 1. The zero-order chi connectivity index (χ0) is 18.9. The van der Waals surface area contributed by atoms with Crippen molar-refractivity contribution in [2.75, 3.05) is 19.0 Å². The molecule has 0 radical (unpaired) electrons. The Bertz CT molecular complexity index is 741. The molecule has 0 spiro atoms. The highest BCUT2D eigenvalue weighted by atomic mass is 16.5. The molecule has 138 valence electrons. The summed E-state index contributed by atoms with van der Waals surface area (Å²) < 4.78 is 5.72. The van der Waals surface area contributed by atoms with Crippen molar-refractivity contribution < 1.29 is 14.3 Å². The maximum absolute atomic E-state index is 12.1. The van der Waals surface area contributed by atoms with Crippen molar-refractivity contribution in [3.8, 4) is 5.75 Å². The van der Waals surface area contributed by atoms with E-state index in [1.54, 1.807) is 19.2 Å². The van der Waals surface area contributed by atoms with Crippen molar-refractivity contribution in [1.29, 1.82) is 0 Å². The third-order valence-electron chi connectivity index (χ3n) is 4.30. The van der Waals surface area contributed by atoms with Crippen molar-refractivity contribution in [3.05, 3.63) is 59.7 Å². The molecule has 2 rings (SSSR count). The predicted octanol–water partition coefficient (Wildman–Crippen LogP) is 3.51. The Morgan fingerprint density at radius 1 is 1.04 bits per heavy atom. The van der Waals surface area contributed by atoms with E-state index in [2.05, 4.69) is 24.5 Å². The topological polar surface area (TPSA) is 67.4 Å². The smallest absolute Gasteiger partial charge is 0.262 e. The van der Waals surface area contributed by atoms with Crippen molar-refractivity contribution in [3.63, 3.8) is 0 Å². The van der Waals surface area contributed by atoms with Gasteiger partial charge in [-0.25, -0.2) is 0 Å². The molecule has 0 saturated carbocycles. The summed E-state index contributed by atoms with van der Waals surface area (Å²) in [6, 6.07) is 15.0. The van der Waals surface area contributed by atoms with Gasteiger partial charge in [0.1, 0.15) is 5.75 Å². The summed E-state index contributed by atoms with van der Waals surface area (Å²) in [6.45, 7) is 4.22. The Morgan fingerprint density at radius 3 is 2.38 bits per heavy atom. The molecule has 0 aliphatic rings. The standard InChI is InChI=1S/C21H26N2O3/c1-4-15(2)18-7-5-6-8-19(18)26-14-21(25)23-17-11-9-16(10-12-17)13-20(24)22-3/h5-12,15H,4,13-14H2,1-3H3,(H,22,24)(H,23,25). The van der Waals surface area contributed by atoms with E-state index < -0.39 is 0 Å². The molecule has 0 bridgehead atoms. The number of hydrogen-bond acceptors (Lipinski definition) is 3. The summed E-state index contributed by atoms with van der Waals surface area (Å²) in [6.07, 6.45) is 1.33. The van der Waals surface area contributed by atoms with E-state index >= 15 is 0 Å². The van der Waals surface area contributed by atoms with E-state index in [-0.39, 0.29) is 18.4 Å². The number of amides is 2. The minimum atomic E-state index is -0.219. The second-order valence-electron chi connectivity index (χ2n) is 6.23. The lowest BCUT2D eigenvalue weighted by atomic mass is 9.98.